The van der Waals surface area contributed by atoms with Gasteiger partial charge in [-0.3, -0.25) is 9.59 Å². The predicted molar refractivity (Wildman–Crippen MR) is 100.0 cm³/mol. The number of hydrogen-bond acceptors (Lipinski definition) is 4. The summed E-state index contributed by atoms with van der Waals surface area (Å²) in [6, 6.07) is 13.0. The Morgan fingerprint density at radius 1 is 0.889 bits per heavy atom. The summed E-state index contributed by atoms with van der Waals surface area (Å²) >= 11 is 0. The van der Waals surface area contributed by atoms with Crippen LogP contribution in [0.2, 0.25) is 0 Å². The summed E-state index contributed by atoms with van der Waals surface area (Å²) in [7, 11) is -3.72. The van der Waals surface area contributed by atoms with Gasteiger partial charge in [0.2, 0.25) is 15.9 Å². The standard InChI is InChI=1S/C19H21N3O4S/c20-27(25,26)17-9-3-14(4-10-17)12-22-18(23)15-5-1-13(2-6-15)11-21-19(24)16-7-8-16/h1-6,9-10,16H,7-8,11-12H2,(H,21,24)(H,22,23)(H2,20,25,26). The lowest BCUT2D eigenvalue weighted by Crippen LogP contribution is -2.24. The molecule has 7 nitrogen and oxygen atoms in total. The van der Waals surface area contributed by atoms with Crippen LogP contribution in [0.5, 0.6) is 0 Å². The normalized spacial score (nSPS) is 13.8. The van der Waals surface area contributed by atoms with Crippen molar-refractivity contribution in [2.45, 2.75) is 30.8 Å². The van der Waals surface area contributed by atoms with Crippen molar-refractivity contribution in [2.75, 3.05) is 0 Å². The molecule has 8 heteroatoms. The number of sulfonamides is 1. The van der Waals surface area contributed by atoms with E-state index in [-0.39, 0.29) is 29.2 Å². The minimum absolute atomic E-state index is 0.0296. The first-order valence-electron chi connectivity index (χ1n) is 8.59. The van der Waals surface area contributed by atoms with Gasteiger partial charge < -0.3 is 10.6 Å². The molecule has 1 aliphatic carbocycles. The fraction of sp³-hybridized carbons (Fsp3) is 0.263. The van der Waals surface area contributed by atoms with Gasteiger partial charge in [-0.2, -0.15) is 0 Å². The lowest BCUT2D eigenvalue weighted by atomic mass is 10.1. The maximum atomic E-state index is 12.2. The summed E-state index contributed by atoms with van der Waals surface area (Å²) in [6.45, 7) is 0.719. The van der Waals surface area contributed by atoms with Gasteiger partial charge in [0, 0.05) is 24.6 Å². The van der Waals surface area contributed by atoms with Crippen molar-refractivity contribution in [3.05, 3.63) is 65.2 Å². The molecule has 3 rings (SSSR count). The number of rotatable bonds is 7. The molecule has 0 spiro atoms. The van der Waals surface area contributed by atoms with Gasteiger partial charge >= 0.3 is 0 Å². The molecule has 2 aromatic carbocycles. The average molecular weight is 387 g/mol. The van der Waals surface area contributed by atoms with E-state index in [1.807, 2.05) is 12.1 Å². The molecular weight excluding hydrogens is 366 g/mol. The highest BCUT2D eigenvalue weighted by Gasteiger charge is 2.29. The van der Waals surface area contributed by atoms with Crippen molar-refractivity contribution < 1.29 is 18.0 Å². The molecule has 0 aromatic heterocycles. The van der Waals surface area contributed by atoms with Crippen LogP contribution in [-0.2, 0) is 27.9 Å². The van der Waals surface area contributed by atoms with Gasteiger partial charge in [-0.05, 0) is 48.2 Å². The Labute approximate surface area is 158 Å². The van der Waals surface area contributed by atoms with Gasteiger partial charge in [0.1, 0.15) is 0 Å². The number of nitrogens with one attached hydrogen (secondary N) is 2. The van der Waals surface area contributed by atoms with Gasteiger partial charge in [0.15, 0.2) is 0 Å². The lowest BCUT2D eigenvalue weighted by molar-refractivity contribution is -0.122. The van der Waals surface area contributed by atoms with Crippen LogP contribution in [0.15, 0.2) is 53.4 Å². The summed E-state index contributed by atoms with van der Waals surface area (Å²) in [5.41, 5.74) is 2.20. The first-order valence-corrected chi connectivity index (χ1v) is 10.1. The predicted octanol–water partition coefficient (Wildman–Crippen LogP) is 1.29. The Balaban J connectivity index is 1.50. The molecule has 4 N–H and O–H groups in total. The van der Waals surface area contributed by atoms with Crippen LogP contribution < -0.4 is 15.8 Å². The highest BCUT2D eigenvalue weighted by atomic mass is 32.2. The maximum absolute atomic E-state index is 12.2. The Morgan fingerprint density at radius 2 is 1.41 bits per heavy atom. The van der Waals surface area contributed by atoms with Crippen LogP contribution in [-0.4, -0.2) is 20.2 Å². The zero-order valence-electron chi connectivity index (χ0n) is 14.6. The third-order valence-electron chi connectivity index (χ3n) is 4.34. The van der Waals surface area contributed by atoms with Crippen LogP contribution >= 0.6 is 0 Å². The van der Waals surface area contributed by atoms with Crippen LogP contribution in [0, 0.1) is 5.92 Å². The Bertz CT molecular complexity index is 934. The molecule has 2 amide bonds. The molecule has 1 saturated carbocycles. The minimum Gasteiger partial charge on any atom is -0.352 e. The number of carbonyl (C=O) groups is 2. The molecule has 1 aliphatic rings. The van der Waals surface area contributed by atoms with Crippen LogP contribution in [0.4, 0.5) is 0 Å². The van der Waals surface area contributed by atoms with Crippen molar-refractivity contribution in [1.29, 1.82) is 0 Å². The maximum Gasteiger partial charge on any atom is 0.251 e. The minimum atomic E-state index is -3.72. The molecule has 142 valence electrons. The molecule has 27 heavy (non-hydrogen) atoms. The van der Waals surface area contributed by atoms with Gasteiger partial charge in [-0.25, -0.2) is 13.6 Å². The number of carbonyl (C=O) groups excluding carboxylic acids is 2. The molecule has 2 aromatic rings. The first-order chi connectivity index (χ1) is 12.8. The van der Waals surface area contributed by atoms with E-state index < -0.39 is 10.0 Å². The van der Waals surface area contributed by atoms with E-state index in [0.29, 0.717) is 12.1 Å². The molecule has 0 atom stereocenters. The highest BCUT2D eigenvalue weighted by molar-refractivity contribution is 7.89. The van der Waals surface area contributed by atoms with Gasteiger partial charge in [0.05, 0.1) is 4.90 Å². The van der Waals surface area contributed by atoms with Crippen molar-refractivity contribution in [1.82, 2.24) is 10.6 Å². The summed E-state index contributed by atoms with van der Waals surface area (Å²) in [4.78, 5) is 23.9. The molecule has 0 saturated heterocycles. The Hall–Kier alpha value is -2.71. The summed E-state index contributed by atoms with van der Waals surface area (Å²) < 4.78 is 22.5. The molecule has 0 heterocycles. The van der Waals surface area contributed by atoms with E-state index in [4.69, 9.17) is 5.14 Å². The van der Waals surface area contributed by atoms with E-state index in [1.54, 1.807) is 24.3 Å². The highest BCUT2D eigenvalue weighted by Crippen LogP contribution is 2.28. The fourth-order valence-electron chi connectivity index (χ4n) is 2.53. The van der Waals surface area contributed by atoms with E-state index in [0.717, 1.165) is 24.0 Å². The monoisotopic (exact) mass is 387 g/mol. The van der Waals surface area contributed by atoms with Gasteiger partial charge in [-0.15, -0.1) is 0 Å². The van der Waals surface area contributed by atoms with Gasteiger partial charge in [-0.1, -0.05) is 24.3 Å². The van der Waals surface area contributed by atoms with E-state index in [1.165, 1.54) is 12.1 Å². The Kier molecular flexibility index (Phi) is 5.57. The second-order valence-electron chi connectivity index (χ2n) is 6.56. The second-order valence-corrected chi connectivity index (χ2v) is 8.12. The van der Waals surface area contributed by atoms with Crippen molar-refractivity contribution >= 4 is 21.8 Å². The summed E-state index contributed by atoms with van der Waals surface area (Å²) in [6.07, 6.45) is 1.94. The van der Waals surface area contributed by atoms with Crippen molar-refractivity contribution in [2.24, 2.45) is 11.1 Å². The SMILES string of the molecule is NS(=O)(=O)c1ccc(CNC(=O)c2ccc(CNC(=O)C3CC3)cc2)cc1. The number of hydrogen-bond donors (Lipinski definition) is 3. The second kappa shape index (κ2) is 7.89. The average Bonchev–Trinajstić information content (AvgIpc) is 3.49. The largest absolute Gasteiger partial charge is 0.352 e. The smallest absolute Gasteiger partial charge is 0.251 e. The van der Waals surface area contributed by atoms with E-state index in [9.17, 15) is 18.0 Å². The Morgan fingerprint density at radius 3 is 1.93 bits per heavy atom. The summed E-state index contributed by atoms with van der Waals surface area (Å²) in [5.74, 6) is 0.0263. The van der Waals surface area contributed by atoms with E-state index >= 15 is 0 Å². The number of amides is 2. The third kappa shape index (κ3) is 5.38. The van der Waals surface area contributed by atoms with Gasteiger partial charge in [0.25, 0.3) is 5.91 Å². The van der Waals surface area contributed by atoms with Crippen LogP contribution in [0.25, 0.3) is 0 Å². The van der Waals surface area contributed by atoms with Crippen LogP contribution in [0.1, 0.15) is 34.3 Å². The molecular formula is C19H21N3O4S. The fourth-order valence-corrected chi connectivity index (χ4v) is 3.05. The lowest BCUT2D eigenvalue weighted by Gasteiger charge is -2.08. The molecule has 0 bridgehead atoms. The van der Waals surface area contributed by atoms with Crippen molar-refractivity contribution in [3.8, 4) is 0 Å². The topological polar surface area (TPSA) is 118 Å². The van der Waals surface area contributed by atoms with E-state index in [2.05, 4.69) is 10.6 Å². The zero-order valence-corrected chi connectivity index (χ0v) is 15.5. The molecule has 0 aliphatic heterocycles. The molecule has 0 radical (unpaired) electrons. The third-order valence-corrected chi connectivity index (χ3v) is 5.27. The number of nitrogens with two attached hydrogens (primary N) is 1. The van der Waals surface area contributed by atoms with Crippen molar-refractivity contribution in [3.63, 3.8) is 0 Å². The number of primary sulfonamides is 1. The van der Waals surface area contributed by atoms with Crippen LogP contribution in [0.3, 0.4) is 0 Å². The molecule has 1 fully saturated rings. The zero-order chi connectivity index (χ0) is 19.4. The molecule has 0 unspecified atom stereocenters. The summed E-state index contributed by atoms with van der Waals surface area (Å²) in [5, 5.41) is 10.7. The first kappa shape index (κ1) is 19.1. The quantitative estimate of drug-likeness (QED) is 0.663. The number of benzene rings is 2.